The minimum atomic E-state index is -4.10. The van der Waals surface area contributed by atoms with Crippen LogP contribution < -0.4 is 20.1 Å². The van der Waals surface area contributed by atoms with Crippen LogP contribution in [0.4, 0.5) is 18.9 Å². The number of halogens is 4. The summed E-state index contributed by atoms with van der Waals surface area (Å²) in [5, 5.41) is 6.04. The molecule has 0 bridgehead atoms. The highest BCUT2D eigenvalue weighted by molar-refractivity contribution is 14.0. The van der Waals surface area contributed by atoms with Gasteiger partial charge in [-0.2, -0.15) is 13.2 Å². The van der Waals surface area contributed by atoms with Gasteiger partial charge in [0.15, 0.2) is 17.5 Å². The molecule has 0 aliphatic heterocycles. The van der Waals surface area contributed by atoms with Crippen LogP contribution in [0.2, 0.25) is 0 Å². The quantitative estimate of drug-likeness (QED) is 0.253. The smallest absolute Gasteiger partial charge is 0.389 e. The molecule has 5 nitrogen and oxygen atoms in total. The van der Waals surface area contributed by atoms with Gasteiger partial charge >= 0.3 is 6.18 Å². The minimum Gasteiger partial charge on any atom is -0.493 e. The number of methoxy groups -OCH3 is 1. The third-order valence-corrected chi connectivity index (χ3v) is 3.13. The first-order valence-electron chi connectivity index (χ1n) is 7.75. The summed E-state index contributed by atoms with van der Waals surface area (Å²) in [6, 6.07) is 5.35. The molecule has 0 aromatic heterocycles. The van der Waals surface area contributed by atoms with Crippen molar-refractivity contribution in [3.05, 3.63) is 18.2 Å². The van der Waals surface area contributed by atoms with Crippen molar-refractivity contribution in [2.45, 2.75) is 32.4 Å². The van der Waals surface area contributed by atoms with Crippen molar-refractivity contribution >= 4 is 35.6 Å². The number of aliphatic imine (C=N–C) groups is 1. The Balaban J connectivity index is 0.00000576. The van der Waals surface area contributed by atoms with Gasteiger partial charge in [-0.1, -0.05) is 0 Å². The first-order valence-corrected chi connectivity index (χ1v) is 7.75. The second-order valence-corrected chi connectivity index (χ2v) is 4.99. The predicted molar refractivity (Wildman–Crippen MR) is 104 cm³/mol. The summed E-state index contributed by atoms with van der Waals surface area (Å²) >= 11 is 0. The normalized spacial score (nSPS) is 11.5. The summed E-state index contributed by atoms with van der Waals surface area (Å²) in [5.41, 5.74) is 0.735. The van der Waals surface area contributed by atoms with Crippen LogP contribution in [0.25, 0.3) is 0 Å². The Morgan fingerprint density at radius 1 is 1.20 bits per heavy atom. The number of rotatable bonds is 8. The molecule has 2 N–H and O–H groups in total. The predicted octanol–water partition coefficient (Wildman–Crippen LogP) is 4.43. The molecule has 0 spiro atoms. The van der Waals surface area contributed by atoms with E-state index in [1.54, 1.807) is 26.3 Å². The van der Waals surface area contributed by atoms with Gasteiger partial charge in [0.2, 0.25) is 0 Å². The second kappa shape index (κ2) is 12.0. The molecule has 25 heavy (non-hydrogen) atoms. The van der Waals surface area contributed by atoms with E-state index < -0.39 is 12.6 Å². The van der Waals surface area contributed by atoms with Gasteiger partial charge < -0.3 is 20.1 Å². The maximum atomic E-state index is 12.1. The maximum absolute atomic E-state index is 12.1. The fourth-order valence-electron chi connectivity index (χ4n) is 1.99. The highest BCUT2D eigenvalue weighted by Gasteiger charge is 2.25. The Labute approximate surface area is 163 Å². The Hall–Kier alpha value is -1.39. The van der Waals surface area contributed by atoms with Crippen molar-refractivity contribution < 1.29 is 22.6 Å². The molecule has 0 fully saturated rings. The standard InChI is InChI=1S/C16H24F3N3O2.HI/c1-4-24-13-8-7-12(11-14(13)23-3)22-15(20-2)21-10-6-5-9-16(17,18)19;/h7-8,11H,4-6,9-10H2,1-3H3,(H2,20,21,22);1H. The zero-order chi connectivity index (χ0) is 18.0. The Morgan fingerprint density at radius 3 is 2.48 bits per heavy atom. The van der Waals surface area contributed by atoms with Gasteiger partial charge in [-0.25, -0.2) is 0 Å². The fraction of sp³-hybridized carbons (Fsp3) is 0.562. The highest BCUT2D eigenvalue weighted by atomic mass is 127. The lowest BCUT2D eigenvalue weighted by molar-refractivity contribution is -0.135. The summed E-state index contributed by atoms with van der Waals surface area (Å²) in [5.74, 6) is 1.70. The topological polar surface area (TPSA) is 54.9 Å². The Kier molecular flexibility index (Phi) is 11.4. The van der Waals surface area contributed by atoms with Crippen molar-refractivity contribution in [1.29, 1.82) is 0 Å². The number of nitrogens with one attached hydrogen (secondary N) is 2. The van der Waals surface area contributed by atoms with E-state index in [0.29, 0.717) is 37.0 Å². The van der Waals surface area contributed by atoms with E-state index in [-0.39, 0.29) is 30.4 Å². The lowest BCUT2D eigenvalue weighted by Gasteiger charge is -2.14. The van der Waals surface area contributed by atoms with Crippen LogP contribution in [0.1, 0.15) is 26.2 Å². The van der Waals surface area contributed by atoms with Gasteiger partial charge in [0, 0.05) is 31.8 Å². The molecule has 1 aromatic carbocycles. The van der Waals surface area contributed by atoms with E-state index in [1.807, 2.05) is 13.0 Å². The molecular formula is C16H25F3IN3O2. The van der Waals surface area contributed by atoms with E-state index in [9.17, 15) is 13.2 Å². The number of anilines is 1. The van der Waals surface area contributed by atoms with Crippen LogP contribution in [-0.4, -0.2) is 39.4 Å². The Bertz CT molecular complexity index is 540. The summed E-state index contributed by atoms with van der Waals surface area (Å²) in [6.45, 7) is 2.82. The molecule has 144 valence electrons. The number of hydrogen-bond donors (Lipinski definition) is 2. The van der Waals surface area contributed by atoms with Gasteiger partial charge in [0.05, 0.1) is 13.7 Å². The molecule has 9 heteroatoms. The number of ether oxygens (including phenoxy) is 2. The van der Waals surface area contributed by atoms with Gasteiger partial charge in [-0.15, -0.1) is 24.0 Å². The monoisotopic (exact) mass is 475 g/mol. The number of guanidine groups is 1. The lowest BCUT2D eigenvalue weighted by atomic mass is 10.2. The molecule has 0 aliphatic rings. The average Bonchev–Trinajstić information content (AvgIpc) is 2.53. The molecule has 0 saturated heterocycles. The van der Waals surface area contributed by atoms with Crippen molar-refractivity contribution in [1.82, 2.24) is 5.32 Å². The van der Waals surface area contributed by atoms with Gasteiger partial charge in [0.25, 0.3) is 0 Å². The molecule has 0 amide bonds. The molecule has 1 aromatic rings. The van der Waals surface area contributed by atoms with E-state index in [1.165, 1.54) is 0 Å². The van der Waals surface area contributed by atoms with Gasteiger partial charge in [0.1, 0.15) is 0 Å². The van der Waals surface area contributed by atoms with Gasteiger partial charge in [-0.05, 0) is 31.9 Å². The summed E-state index contributed by atoms with van der Waals surface area (Å²) in [4.78, 5) is 4.04. The van der Waals surface area contributed by atoms with Gasteiger partial charge in [-0.3, -0.25) is 4.99 Å². The lowest BCUT2D eigenvalue weighted by Crippen LogP contribution is -2.31. The molecule has 0 unspecified atom stereocenters. The third kappa shape index (κ3) is 9.61. The van der Waals surface area contributed by atoms with E-state index >= 15 is 0 Å². The van der Waals surface area contributed by atoms with E-state index in [2.05, 4.69) is 15.6 Å². The van der Waals surface area contributed by atoms with E-state index in [0.717, 1.165) is 5.69 Å². The maximum Gasteiger partial charge on any atom is 0.389 e. The van der Waals surface area contributed by atoms with Crippen molar-refractivity contribution in [2.24, 2.45) is 4.99 Å². The highest BCUT2D eigenvalue weighted by Crippen LogP contribution is 2.30. The zero-order valence-corrected chi connectivity index (χ0v) is 16.9. The molecule has 0 heterocycles. The van der Waals surface area contributed by atoms with Crippen LogP contribution in [0.5, 0.6) is 11.5 Å². The minimum absolute atomic E-state index is 0. The van der Waals surface area contributed by atoms with Crippen molar-refractivity contribution in [3.8, 4) is 11.5 Å². The molecular weight excluding hydrogens is 450 g/mol. The first-order chi connectivity index (χ1) is 11.4. The molecule has 0 radical (unpaired) electrons. The number of alkyl halides is 3. The van der Waals surface area contributed by atoms with E-state index in [4.69, 9.17) is 9.47 Å². The number of benzene rings is 1. The summed E-state index contributed by atoms with van der Waals surface area (Å²) in [7, 11) is 3.15. The second-order valence-electron chi connectivity index (χ2n) is 4.99. The SMILES string of the molecule is CCOc1ccc(NC(=NC)NCCCCC(F)(F)F)cc1OC.I. The Morgan fingerprint density at radius 2 is 1.92 bits per heavy atom. The van der Waals surface area contributed by atoms with Crippen LogP contribution in [0.3, 0.4) is 0 Å². The average molecular weight is 475 g/mol. The van der Waals surface area contributed by atoms with Crippen LogP contribution in [-0.2, 0) is 0 Å². The number of hydrogen-bond acceptors (Lipinski definition) is 3. The van der Waals surface area contributed by atoms with Crippen LogP contribution in [0, 0.1) is 0 Å². The molecule has 0 saturated carbocycles. The first kappa shape index (κ1) is 23.6. The number of unbranched alkanes of at least 4 members (excludes halogenated alkanes) is 1. The fourth-order valence-corrected chi connectivity index (χ4v) is 1.99. The largest absolute Gasteiger partial charge is 0.493 e. The third-order valence-electron chi connectivity index (χ3n) is 3.13. The van der Waals surface area contributed by atoms with Crippen LogP contribution >= 0.6 is 24.0 Å². The summed E-state index contributed by atoms with van der Waals surface area (Å²) in [6.07, 6.45) is -4.37. The zero-order valence-electron chi connectivity index (χ0n) is 14.6. The number of nitrogens with zero attached hydrogens (tertiary/aromatic N) is 1. The molecule has 0 atom stereocenters. The summed E-state index contributed by atoms with van der Waals surface area (Å²) < 4.78 is 46.9. The molecule has 1 rings (SSSR count). The molecule has 0 aliphatic carbocycles. The van der Waals surface area contributed by atoms with Crippen molar-refractivity contribution in [2.75, 3.05) is 32.6 Å². The van der Waals surface area contributed by atoms with Crippen LogP contribution in [0.15, 0.2) is 23.2 Å². The van der Waals surface area contributed by atoms with Crippen molar-refractivity contribution in [3.63, 3.8) is 0 Å².